The van der Waals surface area contributed by atoms with Gasteiger partial charge in [-0.25, -0.2) is 0 Å². The molecule has 98 valence electrons. The van der Waals surface area contributed by atoms with Crippen LogP contribution in [0.3, 0.4) is 0 Å². The van der Waals surface area contributed by atoms with E-state index in [1.807, 2.05) is 13.8 Å². The topological polar surface area (TPSA) is 38.1 Å². The largest absolute Gasteiger partial charge is 0.386 e. The number of halogens is 1. The van der Waals surface area contributed by atoms with Gasteiger partial charge in [-0.2, -0.15) is 16.9 Å². The molecule has 0 saturated heterocycles. The van der Waals surface area contributed by atoms with Crippen molar-refractivity contribution in [2.45, 2.75) is 39.8 Å². The van der Waals surface area contributed by atoms with Crippen LogP contribution in [0.25, 0.3) is 0 Å². The molecule has 0 aliphatic rings. The maximum absolute atomic E-state index is 10.2. The zero-order valence-electron chi connectivity index (χ0n) is 10.9. The molecule has 1 heterocycles. The molecule has 0 amide bonds. The van der Waals surface area contributed by atoms with E-state index in [1.165, 1.54) is 0 Å². The summed E-state index contributed by atoms with van der Waals surface area (Å²) >= 11 is 7.82. The summed E-state index contributed by atoms with van der Waals surface area (Å²) < 4.78 is 1.79. The third-order valence-electron chi connectivity index (χ3n) is 2.32. The van der Waals surface area contributed by atoms with E-state index in [1.54, 1.807) is 22.6 Å². The second-order valence-corrected chi connectivity index (χ2v) is 6.35. The summed E-state index contributed by atoms with van der Waals surface area (Å²) in [5.41, 5.74) is 0.734. The van der Waals surface area contributed by atoms with Gasteiger partial charge in [0.25, 0.3) is 0 Å². The lowest BCUT2D eigenvalue weighted by Crippen LogP contribution is -2.13. The Balaban J connectivity index is 2.67. The van der Waals surface area contributed by atoms with Crippen LogP contribution in [0, 0.1) is 5.92 Å². The zero-order valence-corrected chi connectivity index (χ0v) is 12.4. The highest BCUT2D eigenvalue weighted by Gasteiger charge is 2.19. The zero-order chi connectivity index (χ0) is 13.0. The van der Waals surface area contributed by atoms with E-state index in [-0.39, 0.29) is 6.04 Å². The van der Waals surface area contributed by atoms with Crippen LogP contribution >= 0.6 is 23.4 Å². The lowest BCUT2D eigenvalue weighted by molar-refractivity contribution is 0.189. The molecule has 3 nitrogen and oxygen atoms in total. The number of hydrogen-bond acceptors (Lipinski definition) is 3. The third-order valence-corrected chi connectivity index (χ3v) is 4.06. The second kappa shape index (κ2) is 6.66. The van der Waals surface area contributed by atoms with E-state index in [0.29, 0.717) is 16.7 Å². The van der Waals surface area contributed by atoms with Gasteiger partial charge in [0.05, 0.1) is 16.9 Å². The van der Waals surface area contributed by atoms with Crippen molar-refractivity contribution < 1.29 is 5.11 Å². The summed E-state index contributed by atoms with van der Waals surface area (Å²) in [7, 11) is 0. The maximum Gasteiger partial charge on any atom is 0.106 e. The highest BCUT2D eigenvalue weighted by atomic mass is 35.5. The molecule has 1 aromatic rings. The number of rotatable bonds is 6. The Hall–Kier alpha value is -0.190. The van der Waals surface area contributed by atoms with Gasteiger partial charge < -0.3 is 5.11 Å². The van der Waals surface area contributed by atoms with E-state index in [4.69, 9.17) is 11.6 Å². The third kappa shape index (κ3) is 4.19. The molecule has 1 rings (SSSR count). The van der Waals surface area contributed by atoms with Gasteiger partial charge in [-0.1, -0.05) is 25.4 Å². The van der Waals surface area contributed by atoms with Crippen molar-refractivity contribution >= 4 is 23.4 Å². The van der Waals surface area contributed by atoms with Gasteiger partial charge in [0.2, 0.25) is 0 Å². The van der Waals surface area contributed by atoms with Gasteiger partial charge in [0.15, 0.2) is 0 Å². The Morgan fingerprint density at radius 1 is 1.35 bits per heavy atom. The Kier molecular flexibility index (Phi) is 5.83. The molecule has 1 N–H and O–H groups in total. The molecular formula is C12H21ClN2OS. The number of nitrogens with zero attached hydrogens (tertiary/aromatic N) is 2. The summed E-state index contributed by atoms with van der Waals surface area (Å²) in [6, 6.07) is 0.210. The van der Waals surface area contributed by atoms with Gasteiger partial charge in [-0.3, -0.25) is 4.68 Å². The second-order valence-electron chi connectivity index (χ2n) is 4.86. The molecular weight excluding hydrogens is 256 g/mol. The molecule has 1 atom stereocenters. The fraction of sp³-hybridized carbons (Fsp3) is 0.750. The molecule has 0 aliphatic carbocycles. The SMILES string of the molecule is CC(C)CSCC(O)c1c(Cl)cnn1C(C)C. The van der Waals surface area contributed by atoms with Crippen LogP contribution in [0.2, 0.25) is 5.02 Å². The van der Waals surface area contributed by atoms with Crippen molar-refractivity contribution in [3.63, 3.8) is 0 Å². The van der Waals surface area contributed by atoms with Gasteiger partial charge in [-0.05, 0) is 25.5 Å². The predicted molar refractivity (Wildman–Crippen MR) is 74.7 cm³/mol. The van der Waals surface area contributed by atoms with Crippen LogP contribution in [0.4, 0.5) is 0 Å². The van der Waals surface area contributed by atoms with Crippen molar-refractivity contribution in [3.05, 3.63) is 16.9 Å². The first kappa shape index (κ1) is 14.9. The summed E-state index contributed by atoms with van der Waals surface area (Å²) in [5, 5.41) is 14.9. The Morgan fingerprint density at radius 3 is 2.53 bits per heavy atom. The molecule has 17 heavy (non-hydrogen) atoms. The molecule has 0 aliphatic heterocycles. The number of thioether (sulfide) groups is 1. The molecule has 1 aromatic heterocycles. The number of aromatic nitrogens is 2. The Labute approximate surface area is 113 Å². The minimum Gasteiger partial charge on any atom is -0.386 e. The maximum atomic E-state index is 10.2. The van der Waals surface area contributed by atoms with E-state index >= 15 is 0 Å². The standard InChI is InChI=1S/C12H21ClN2OS/c1-8(2)6-17-7-11(16)12-10(13)5-14-15(12)9(3)4/h5,8-9,11,16H,6-7H2,1-4H3. The quantitative estimate of drug-likeness (QED) is 0.864. The van der Waals surface area contributed by atoms with Crippen LogP contribution in [0.1, 0.15) is 45.5 Å². The molecule has 0 spiro atoms. The van der Waals surface area contributed by atoms with E-state index < -0.39 is 6.10 Å². The fourth-order valence-electron chi connectivity index (χ4n) is 1.57. The minimum atomic E-state index is -0.545. The minimum absolute atomic E-state index is 0.210. The highest BCUT2D eigenvalue weighted by molar-refractivity contribution is 7.99. The molecule has 0 fully saturated rings. The smallest absolute Gasteiger partial charge is 0.106 e. The highest BCUT2D eigenvalue weighted by Crippen LogP contribution is 2.28. The summed E-state index contributed by atoms with van der Waals surface area (Å²) in [6.45, 7) is 8.40. The molecule has 0 saturated carbocycles. The Morgan fingerprint density at radius 2 is 2.00 bits per heavy atom. The van der Waals surface area contributed by atoms with Gasteiger partial charge in [0, 0.05) is 11.8 Å². The normalized spacial score (nSPS) is 13.6. The van der Waals surface area contributed by atoms with Crippen LogP contribution in [-0.4, -0.2) is 26.4 Å². The van der Waals surface area contributed by atoms with Crippen molar-refractivity contribution in [1.29, 1.82) is 0 Å². The molecule has 0 bridgehead atoms. The number of aliphatic hydroxyl groups is 1. The monoisotopic (exact) mass is 276 g/mol. The molecule has 0 aromatic carbocycles. The molecule has 1 unspecified atom stereocenters. The summed E-state index contributed by atoms with van der Waals surface area (Å²) in [5.74, 6) is 2.35. The van der Waals surface area contributed by atoms with Crippen molar-refractivity contribution in [1.82, 2.24) is 9.78 Å². The van der Waals surface area contributed by atoms with Gasteiger partial charge >= 0.3 is 0 Å². The first-order valence-electron chi connectivity index (χ1n) is 5.92. The average molecular weight is 277 g/mol. The average Bonchev–Trinajstić information content (AvgIpc) is 2.59. The Bertz CT molecular complexity index is 352. The molecule has 0 radical (unpaired) electrons. The van der Waals surface area contributed by atoms with Gasteiger partial charge in [0.1, 0.15) is 6.10 Å². The fourth-order valence-corrected chi connectivity index (χ4v) is 2.81. The summed E-state index contributed by atoms with van der Waals surface area (Å²) in [4.78, 5) is 0. The lowest BCUT2D eigenvalue weighted by Gasteiger charge is -2.16. The summed E-state index contributed by atoms with van der Waals surface area (Å²) in [6.07, 6.45) is 1.06. The number of aliphatic hydroxyl groups excluding tert-OH is 1. The van der Waals surface area contributed by atoms with E-state index in [0.717, 1.165) is 11.4 Å². The number of hydrogen-bond donors (Lipinski definition) is 1. The van der Waals surface area contributed by atoms with Crippen LogP contribution < -0.4 is 0 Å². The first-order chi connectivity index (χ1) is 7.93. The van der Waals surface area contributed by atoms with Crippen LogP contribution in [-0.2, 0) is 0 Å². The van der Waals surface area contributed by atoms with Crippen LogP contribution in [0.5, 0.6) is 0 Å². The van der Waals surface area contributed by atoms with Crippen molar-refractivity contribution in [2.24, 2.45) is 5.92 Å². The lowest BCUT2D eigenvalue weighted by atomic mass is 10.2. The van der Waals surface area contributed by atoms with Crippen molar-refractivity contribution in [3.8, 4) is 0 Å². The van der Waals surface area contributed by atoms with E-state index in [2.05, 4.69) is 18.9 Å². The first-order valence-corrected chi connectivity index (χ1v) is 7.45. The predicted octanol–water partition coefficient (Wildman–Crippen LogP) is 3.54. The van der Waals surface area contributed by atoms with Gasteiger partial charge in [-0.15, -0.1) is 0 Å². The molecule has 5 heteroatoms. The van der Waals surface area contributed by atoms with E-state index in [9.17, 15) is 5.11 Å². The van der Waals surface area contributed by atoms with Crippen LogP contribution in [0.15, 0.2) is 6.20 Å². The van der Waals surface area contributed by atoms with Crippen molar-refractivity contribution in [2.75, 3.05) is 11.5 Å².